The molecule has 3 aliphatic rings. The molecule has 5 rings (SSSR count). The third-order valence-electron chi connectivity index (χ3n) is 7.24. The van der Waals surface area contributed by atoms with E-state index in [1.165, 1.54) is 23.1 Å². The summed E-state index contributed by atoms with van der Waals surface area (Å²) in [6.07, 6.45) is 5.46. The van der Waals surface area contributed by atoms with Crippen molar-refractivity contribution in [1.82, 2.24) is 4.90 Å². The quantitative estimate of drug-likeness (QED) is 0.181. The zero-order valence-electron chi connectivity index (χ0n) is 19.7. The van der Waals surface area contributed by atoms with Crippen LogP contribution in [0.5, 0.6) is 5.75 Å². The van der Waals surface area contributed by atoms with Gasteiger partial charge in [-0.2, -0.15) is 0 Å². The first-order chi connectivity index (χ1) is 17.4. The van der Waals surface area contributed by atoms with Crippen LogP contribution in [0.2, 0.25) is 0 Å². The minimum absolute atomic E-state index is 0.0972. The number of allylic oxidation sites excluding steroid dienone is 2. The molecule has 2 fully saturated rings. The second kappa shape index (κ2) is 9.44. The molecule has 2 aromatic rings. The van der Waals surface area contributed by atoms with Gasteiger partial charge in [0.15, 0.2) is 0 Å². The van der Waals surface area contributed by atoms with Gasteiger partial charge in [-0.3, -0.25) is 29.4 Å². The third-order valence-corrected chi connectivity index (χ3v) is 7.24. The Bertz CT molecular complexity index is 1230. The molecule has 1 aliphatic heterocycles. The van der Waals surface area contributed by atoms with E-state index in [0.717, 1.165) is 6.42 Å². The number of nitrogens with one attached hydrogen (secondary N) is 2. The Labute approximate surface area is 207 Å². The Hall–Kier alpha value is -4.21. The van der Waals surface area contributed by atoms with Crippen molar-refractivity contribution < 1.29 is 24.0 Å². The Balaban J connectivity index is 1.18. The molecule has 0 aromatic heterocycles. The molecule has 10 nitrogen and oxygen atoms in total. The van der Waals surface area contributed by atoms with E-state index in [0.29, 0.717) is 24.4 Å². The third kappa shape index (κ3) is 4.19. The van der Waals surface area contributed by atoms with E-state index < -0.39 is 10.8 Å². The van der Waals surface area contributed by atoms with Gasteiger partial charge in [-0.15, -0.1) is 0 Å². The van der Waals surface area contributed by atoms with Gasteiger partial charge in [-0.1, -0.05) is 12.2 Å². The number of anilines is 2. The molecule has 10 heteroatoms. The summed E-state index contributed by atoms with van der Waals surface area (Å²) in [5, 5.41) is 17.4. The molecule has 36 heavy (non-hydrogen) atoms. The van der Waals surface area contributed by atoms with Crippen molar-refractivity contribution in [1.29, 1.82) is 0 Å². The highest BCUT2D eigenvalue weighted by Gasteiger charge is 2.58. The SMILES string of the molecule is COc1ccc(NC(=O)c2ccc(NCCCN3C(=O)[C@H]4[C@H](C3=O)[C@H]3C=C[C@H]4C3)c([N+](=O)[O-])c2)cc1. The van der Waals surface area contributed by atoms with Crippen molar-refractivity contribution in [3.8, 4) is 5.75 Å². The molecule has 1 saturated carbocycles. The van der Waals surface area contributed by atoms with Crippen molar-refractivity contribution in [3.63, 3.8) is 0 Å². The molecule has 3 amide bonds. The summed E-state index contributed by atoms with van der Waals surface area (Å²) in [6.45, 7) is 0.600. The Morgan fingerprint density at radius 2 is 1.75 bits per heavy atom. The van der Waals surface area contributed by atoms with Crippen LogP contribution in [-0.2, 0) is 9.59 Å². The molecule has 0 unspecified atom stereocenters. The predicted molar refractivity (Wildman–Crippen MR) is 132 cm³/mol. The molecule has 0 radical (unpaired) electrons. The number of benzene rings is 2. The van der Waals surface area contributed by atoms with Gasteiger partial charge in [0.05, 0.1) is 23.9 Å². The van der Waals surface area contributed by atoms with Crippen molar-refractivity contribution in [2.24, 2.45) is 23.7 Å². The first-order valence-electron chi connectivity index (χ1n) is 11.9. The fourth-order valence-corrected chi connectivity index (χ4v) is 5.50. The second-order valence-electron chi connectivity index (χ2n) is 9.28. The summed E-state index contributed by atoms with van der Waals surface area (Å²) in [6, 6.07) is 11.0. The van der Waals surface area contributed by atoms with Crippen LogP contribution >= 0.6 is 0 Å². The summed E-state index contributed by atoms with van der Waals surface area (Å²) in [5.74, 6) is -0.138. The van der Waals surface area contributed by atoms with Crippen LogP contribution in [0.15, 0.2) is 54.6 Å². The predicted octanol–water partition coefficient (Wildman–Crippen LogP) is 3.46. The van der Waals surface area contributed by atoms with Gasteiger partial charge >= 0.3 is 0 Å². The molecular weight excluding hydrogens is 464 g/mol. The van der Waals surface area contributed by atoms with Gasteiger partial charge in [0.1, 0.15) is 11.4 Å². The molecule has 2 N–H and O–H groups in total. The fourth-order valence-electron chi connectivity index (χ4n) is 5.50. The van der Waals surface area contributed by atoms with Gasteiger partial charge in [0, 0.05) is 30.4 Å². The summed E-state index contributed by atoms with van der Waals surface area (Å²) >= 11 is 0. The van der Waals surface area contributed by atoms with E-state index in [1.807, 2.05) is 0 Å². The fraction of sp³-hybridized carbons (Fsp3) is 0.346. The number of methoxy groups -OCH3 is 1. The Morgan fingerprint density at radius 3 is 2.36 bits per heavy atom. The largest absolute Gasteiger partial charge is 0.497 e. The number of nitro benzene ring substituents is 1. The summed E-state index contributed by atoms with van der Waals surface area (Å²) in [7, 11) is 1.54. The highest BCUT2D eigenvalue weighted by Crippen LogP contribution is 2.52. The first kappa shape index (κ1) is 23.5. The number of fused-ring (bicyclic) bond motifs is 5. The number of carbonyl (C=O) groups is 3. The number of hydrogen-bond acceptors (Lipinski definition) is 7. The van der Waals surface area contributed by atoms with Crippen LogP contribution in [-0.4, -0.2) is 47.7 Å². The maximum absolute atomic E-state index is 12.8. The van der Waals surface area contributed by atoms with Crippen LogP contribution in [0.25, 0.3) is 0 Å². The molecule has 1 heterocycles. The molecule has 1 saturated heterocycles. The van der Waals surface area contributed by atoms with E-state index in [9.17, 15) is 24.5 Å². The first-order valence-corrected chi connectivity index (χ1v) is 11.9. The smallest absolute Gasteiger partial charge is 0.293 e. The maximum atomic E-state index is 12.8. The standard InChI is InChI=1S/C26H26N4O6/c1-36-19-8-6-18(7-9-19)28-24(31)17-5-10-20(21(14-17)30(34)35)27-11-2-12-29-25(32)22-15-3-4-16(13-15)23(22)26(29)33/h3-10,14-16,22-23,27H,2,11-13H2,1H3,(H,28,31)/t15-,16-,22+,23+/m0/s1. The summed E-state index contributed by atoms with van der Waals surface area (Å²) in [5.41, 5.74) is 0.706. The van der Waals surface area contributed by atoms with Crippen molar-refractivity contribution in [3.05, 3.63) is 70.3 Å². The molecule has 186 valence electrons. The van der Waals surface area contributed by atoms with Crippen molar-refractivity contribution >= 4 is 34.8 Å². The van der Waals surface area contributed by atoms with Crippen LogP contribution < -0.4 is 15.4 Å². The Kier molecular flexibility index (Phi) is 6.17. The molecule has 0 spiro atoms. The number of nitrogens with zero attached hydrogens (tertiary/aromatic N) is 2. The minimum Gasteiger partial charge on any atom is -0.497 e. The number of nitro groups is 1. The van der Waals surface area contributed by atoms with Crippen molar-refractivity contribution in [2.75, 3.05) is 30.8 Å². The monoisotopic (exact) mass is 490 g/mol. The lowest BCUT2D eigenvalue weighted by Gasteiger charge is -2.17. The molecular formula is C26H26N4O6. The Morgan fingerprint density at radius 1 is 1.08 bits per heavy atom. The average Bonchev–Trinajstić information content (AvgIpc) is 3.56. The van der Waals surface area contributed by atoms with Gasteiger partial charge in [-0.25, -0.2) is 0 Å². The van der Waals surface area contributed by atoms with Gasteiger partial charge in [0.2, 0.25) is 11.8 Å². The second-order valence-corrected chi connectivity index (χ2v) is 9.28. The number of carbonyl (C=O) groups excluding carboxylic acids is 3. The summed E-state index contributed by atoms with van der Waals surface area (Å²) in [4.78, 5) is 50.6. The van der Waals surface area contributed by atoms with Crippen molar-refractivity contribution in [2.45, 2.75) is 12.8 Å². The van der Waals surface area contributed by atoms with E-state index in [1.54, 1.807) is 31.4 Å². The minimum atomic E-state index is -0.552. The van der Waals surface area contributed by atoms with E-state index >= 15 is 0 Å². The number of imide groups is 1. The number of likely N-dealkylation sites (tertiary alicyclic amines) is 1. The summed E-state index contributed by atoms with van der Waals surface area (Å²) < 4.78 is 5.09. The van der Waals surface area contributed by atoms with Crippen LogP contribution in [0.1, 0.15) is 23.2 Å². The normalized spacial score (nSPS) is 23.6. The van der Waals surface area contributed by atoms with Gasteiger partial charge < -0.3 is 15.4 Å². The highest BCUT2D eigenvalue weighted by molar-refractivity contribution is 6.06. The molecule has 2 aromatic carbocycles. The average molecular weight is 491 g/mol. The number of amides is 3. The zero-order valence-corrected chi connectivity index (χ0v) is 19.7. The lowest BCUT2D eigenvalue weighted by Crippen LogP contribution is -2.34. The van der Waals surface area contributed by atoms with Crippen LogP contribution in [0.4, 0.5) is 17.1 Å². The lowest BCUT2D eigenvalue weighted by molar-refractivity contribution is -0.384. The van der Waals surface area contributed by atoms with E-state index in [2.05, 4.69) is 22.8 Å². The maximum Gasteiger partial charge on any atom is 0.293 e. The van der Waals surface area contributed by atoms with E-state index in [-0.39, 0.29) is 59.0 Å². The molecule has 4 atom stereocenters. The topological polar surface area (TPSA) is 131 Å². The van der Waals surface area contributed by atoms with Crippen LogP contribution in [0.3, 0.4) is 0 Å². The van der Waals surface area contributed by atoms with Gasteiger partial charge in [0.25, 0.3) is 11.6 Å². The lowest BCUT2D eigenvalue weighted by atomic mass is 9.85. The number of ether oxygens (including phenoxy) is 1. The van der Waals surface area contributed by atoms with Gasteiger partial charge in [-0.05, 0) is 61.1 Å². The zero-order chi connectivity index (χ0) is 25.4. The molecule has 2 bridgehead atoms. The molecule has 2 aliphatic carbocycles. The number of hydrogen-bond donors (Lipinski definition) is 2. The van der Waals surface area contributed by atoms with E-state index in [4.69, 9.17) is 4.74 Å². The number of rotatable bonds is 9. The van der Waals surface area contributed by atoms with Crippen LogP contribution in [0, 0.1) is 33.8 Å². The highest BCUT2D eigenvalue weighted by atomic mass is 16.6.